The summed E-state index contributed by atoms with van der Waals surface area (Å²) >= 11 is 0. The summed E-state index contributed by atoms with van der Waals surface area (Å²) in [5, 5.41) is 25.7. The van der Waals surface area contributed by atoms with E-state index >= 15 is 0 Å². The molecule has 3 aromatic rings. The van der Waals surface area contributed by atoms with E-state index in [2.05, 4.69) is 16.9 Å². The molecular formula is C29H34N3O3+. The smallest absolute Gasteiger partial charge is 0.275 e. The summed E-state index contributed by atoms with van der Waals surface area (Å²) in [6.45, 7) is 5.82. The van der Waals surface area contributed by atoms with Crippen LogP contribution in [0.15, 0.2) is 79.5 Å². The van der Waals surface area contributed by atoms with Gasteiger partial charge in [-0.1, -0.05) is 54.6 Å². The predicted molar refractivity (Wildman–Crippen MR) is 136 cm³/mol. The van der Waals surface area contributed by atoms with Gasteiger partial charge < -0.3 is 20.0 Å². The minimum atomic E-state index is -0.702. The van der Waals surface area contributed by atoms with Gasteiger partial charge in [0.1, 0.15) is 12.1 Å². The fourth-order valence-corrected chi connectivity index (χ4v) is 6.41. The lowest BCUT2D eigenvalue weighted by Crippen LogP contribution is -2.70. The number of aliphatic hydroxyl groups is 2. The minimum absolute atomic E-state index is 0.0918. The number of carbonyl (C=O) groups excluding carboxylic acids is 1. The molecule has 3 aliphatic heterocycles. The predicted octanol–water partition coefficient (Wildman–Crippen LogP) is 3.53. The van der Waals surface area contributed by atoms with Crippen LogP contribution >= 0.6 is 0 Å². The van der Waals surface area contributed by atoms with E-state index in [0.29, 0.717) is 16.3 Å². The molecule has 1 aromatic heterocycles. The zero-order valence-electron chi connectivity index (χ0n) is 20.0. The summed E-state index contributed by atoms with van der Waals surface area (Å²) in [5.74, 6) is 0.697. The Kier molecular flexibility index (Phi) is 6.69. The largest absolute Gasteiger partial charge is 0.394 e. The van der Waals surface area contributed by atoms with Gasteiger partial charge in [0, 0.05) is 30.3 Å². The second-order valence-corrected chi connectivity index (χ2v) is 10.1. The zero-order chi connectivity index (χ0) is 24.4. The Hall–Kier alpha value is -3.06. The number of aliphatic hydroxyl groups excluding tert-OH is 2. The Morgan fingerprint density at radius 3 is 2.71 bits per heavy atom. The second-order valence-electron chi connectivity index (χ2n) is 10.1. The van der Waals surface area contributed by atoms with Crippen molar-refractivity contribution < 1.29 is 19.5 Å². The van der Waals surface area contributed by atoms with Crippen molar-refractivity contribution in [1.82, 2.24) is 10.3 Å². The van der Waals surface area contributed by atoms with Crippen LogP contribution in [-0.2, 0) is 4.79 Å². The number of carbonyl (C=O) groups is 1. The third-order valence-electron chi connectivity index (χ3n) is 8.22. The van der Waals surface area contributed by atoms with Crippen molar-refractivity contribution in [3.05, 3.63) is 90.6 Å². The number of para-hydroxylation sites is 1. The molecule has 3 aliphatic rings. The topological polar surface area (TPSA) is 82.5 Å². The van der Waals surface area contributed by atoms with Gasteiger partial charge >= 0.3 is 0 Å². The van der Waals surface area contributed by atoms with Crippen LogP contribution in [0.25, 0.3) is 10.9 Å². The van der Waals surface area contributed by atoms with Gasteiger partial charge in [0.15, 0.2) is 6.54 Å². The number of nitrogens with zero attached hydrogens (tertiary/aromatic N) is 2. The standard InChI is InChI=1S/C29H33N3O3/c1-2-20-17-32(18-28(34)31-26(19-33)21-8-4-3-5-9-21)15-13-22(20)16-27(32)29(35)24-12-14-30-25-11-7-6-10-23(24)25/h2-12,14,20,22,26-27,29,33,35H,1,13,15-19H2/p+1/t20-,22-,26?,27+,29-,32-/m0/s1. The molecule has 0 radical (unpaired) electrons. The molecular weight excluding hydrogens is 438 g/mol. The molecule has 1 unspecified atom stereocenters. The summed E-state index contributed by atoms with van der Waals surface area (Å²) in [7, 11) is 0. The molecule has 3 fully saturated rings. The number of rotatable bonds is 8. The molecule has 2 aromatic carbocycles. The van der Waals surface area contributed by atoms with Gasteiger partial charge in [-0.25, -0.2) is 0 Å². The summed E-state index contributed by atoms with van der Waals surface area (Å²) in [5.41, 5.74) is 2.62. The van der Waals surface area contributed by atoms with Crippen LogP contribution in [0.1, 0.15) is 36.1 Å². The van der Waals surface area contributed by atoms with Crippen LogP contribution < -0.4 is 5.32 Å². The first-order chi connectivity index (χ1) is 17.0. The van der Waals surface area contributed by atoms with Gasteiger partial charge in [0.05, 0.1) is 31.3 Å². The van der Waals surface area contributed by atoms with E-state index in [0.717, 1.165) is 48.0 Å². The number of nitrogens with one attached hydrogen (secondary N) is 1. The van der Waals surface area contributed by atoms with Crippen LogP contribution in [0.5, 0.6) is 0 Å². The lowest BCUT2D eigenvalue weighted by atomic mass is 9.71. The highest BCUT2D eigenvalue weighted by atomic mass is 16.3. The van der Waals surface area contributed by atoms with E-state index in [1.165, 1.54) is 0 Å². The minimum Gasteiger partial charge on any atom is -0.394 e. The summed E-state index contributed by atoms with van der Waals surface area (Å²) in [6.07, 6.45) is 4.95. The Morgan fingerprint density at radius 2 is 1.94 bits per heavy atom. The Labute approximate surface area is 206 Å². The van der Waals surface area contributed by atoms with E-state index in [4.69, 9.17) is 0 Å². The van der Waals surface area contributed by atoms with Crippen molar-refractivity contribution in [3.8, 4) is 0 Å². The number of benzene rings is 2. The molecule has 0 saturated carbocycles. The molecule has 0 aliphatic carbocycles. The quantitative estimate of drug-likeness (QED) is 0.346. The van der Waals surface area contributed by atoms with Gasteiger partial charge in [0.25, 0.3) is 5.91 Å². The maximum absolute atomic E-state index is 13.4. The average molecular weight is 473 g/mol. The monoisotopic (exact) mass is 472 g/mol. The number of amides is 1. The van der Waals surface area contributed by atoms with Crippen molar-refractivity contribution in [2.45, 2.75) is 31.0 Å². The fraction of sp³-hybridized carbons (Fsp3) is 0.379. The van der Waals surface area contributed by atoms with Gasteiger partial charge in [-0.2, -0.15) is 0 Å². The highest BCUT2D eigenvalue weighted by molar-refractivity contribution is 5.82. The van der Waals surface area contributed by atoms with Crippen molar-refractivity contribution >= 4 is 16.8 Å². The van der Waals surface area contributed by atoms with Crippen LogP contribution in [0.3, 0.4) is 0 Å². The molecule has 3 N–H and O–H groups in total. The SMILES string of the molecule is C=C[C@H]1C[N@+]2(CC(=O)NC(CO)c3ccccc3)CC[C@H]1C[C@@H]2[C@@H](O)c1ccnc2ccccc12. The molecule has 182 valence electrons. The van der Waals surface area contributed by atoms with E-state index in [9.17, 15) is 15.0 Å². The number of quaternary nitrogens is 1. The van der Waals surface area contributed by atoms with Crippen LogP contribution in [0.2, 0.25) is 0 Å². The molecule has 3 saturated heterocycles. The molecule has 2 bridgehead atoms. The highest BCUT2D eigenvalue weighted by Crippen LogP contribution is 2.46. The average Bonchev–Trinajstić information content (AvgIpc) is 2.91. The fourth-order valence-electron chi connectivity index (χ4n) is 6.41. The third kappa shape index (κ3) is 4.49. The lowest BCUT2D eigenvalue weighted by Gasteiger charge is -2.57. The summed E-state index contributed by atoms with van der Waals surface area (Å²) in [4.78, 5) is 17.9. The summed E-state index contributed by atoms with van der Waals surface area (Å²) < 4.78 is 0.532. The maximum atomic E-state index is 13.4. The highest BCUT2D eigenvalue weighted by Gasteiger charge is 2.54. The number of fused-ring (bicyclic) bond motifs is 4. The maximum Gasteiger partial charge on any atom is 0.275 e. The molecule has 6 atom stereocenters. The number of pyridine rings is 1. The first-order valence-corrected chi connectivity index (χ1v) is 12.5. The normalized spacial score (nSPS) is 27.3. The zero-order valence-corrected chi connectivity index (χ0v) is 20.0. The third-order valence-corrected chi connectivity index (χ3v) is 8.22. The van der Waals surface area contributed by atoms with E-state index in [-0.39, 0.29) is 25.1 Å². The van der Waals surface area contributed by atoms with Crippen LogP contribution in [0.4, 0.5) is 0 Å². The molecule has 6 nitrogen and oxygen atoms in total. The summed E-state index contributed by atoms with van der Waals surface area (Å²) in [6, 6.07) is 18.8. The van der Waals surface area contributed by atoms with E-state index < -0.39 is 12.1 Å². The number of piperidine rings is 3. The second kappa shape index (κ2) is 9.90. The first-order valence-electron chi connectivity index (χ1n) is 12.5. The Balaban J connectivity index is 1.44. The Bertz CT molecular complexity index is 1190. The van der Waals surface area contributed by atoms with Crippen molar-refractivity contribution in [2.24, 2.45) is 11.8 Å². The van der Waals surface area contributed by atoms with Crippen molar-refractivity contribution in [1.29, 1.82) is 0 Å². The first kappa shape index (κ1) is 23.7. The number of hydrogen-bond donors (Lipinski definition) is 3. The van der Waals surface area contributed by atoms with Crippen LogP contribution in [0, 0.1) is 11.8 Å². The molecule has 35 heavy (non-hydrogen) atoms. The number of aromatic nitrogens is 1. The van der Waals surface area contributed by atoms with Crippen molar-refractivity contribution in [2.75, 3.05) is 26.2 Å². The van der Waals surface area contributed by atoms with E-state index in [1.54, 1.807) is 6.20 Å². The molecule has 0 spiro atoms. The number of hydrogen-bond acceptors (Lipinski definition) is 4. The molecule has 6 heteroatoms. The van der Waals surface area contributed by atoms with Crippen molar-refractivity contribution in [3.63, 3.8) is 0 Å². The lowest BCUT2D eigenvalue weighted by molar-refractivity contribution is -0.966. The van der Waals surface area contributed by atoms with Gasteiger partial charge in [-0.15, -0.1) is 6.58 Å². The van der Waals surface area contributed by atoms with Gasteiger partial charge in [-0.3, -0.25) is 9.78 Å². The molecule has 6 rings (SSSR count). The van der Waals surface area contributed by atoms with Gasteiger partial charge in [0.2, 0.25) is 0 Å². The van der Waals surface area contributed by atoms with Crippen LogP contribution in [-0.4, -0.2) is 57.9 Å². The Morgan fingerprint density at radius 1 is 1.17 bits per heavy atom. The molecule has 1 amide bonds. The van der Waals surface area contributed by atoms with E-state index in [1.807, 2.05) is 66.7 Å². The molecule has 4 heterocycles. The van der Waals surface area contributed by atoms with Gasteiger partial charge in [-0.05, 0) is 29.2 Å².